The van der Waals surface area contributed by atoms with Crippen LogP contribution < -0.4 is 15.4 Å². The summed E-state index contributed by atoms with van der Waals surface area (Å²) in [6.07, 6.45) is 0. The molecule has 0 fully saturated rings. The second-order valence-electron chi connectivity index (χ2n) is 6.21. The second kappa shape index (κ2) is 9.48. The van der Waals surface area contributed by atoms with E-state index in [-0.39, 0.29) is 23.1 Å². The van der Waals surface area contributed by atoms with E-state index in [1.807, 2.05) is 0 Å². The minimum Gasteiger partial charge on any atom is -0.494 e. The van der Waals surface area contributed by atoms with Crippen molar-refractivity contribution in [2.75, 3.05) is 26.0 Å². The van der Waals surface area contributed by atoms with Crippen molar-refractivity contribution in [2.45, 2.75) is 18.4 Å². The molecule has 0 aromatic heterocycles. The highest BCUT2D eigenvalue weighted by atomic mass is 32.2. The SMILES string of the molecule is COc1ccc(CNC(=O)CN(C)S(=O)(=O)c2ccc(NC(C)=O)cc2)cc1F. The number of methoxy groups -OCH3 is 1. The van der Waals surface area contributed by atoms with Crippen molar-refractivity contribution in [3.63, 3.8) is 0 Å². The first-order valence-corrected chi connectivity index (χ1v) is 10.0. The van der Waals surface area contributed by atoms with Crippen LogP contribution in [0.2, 0.25) is 0 Å². The molecule has 2 aromatic rings. The first-order chi connectivity index (χ1) is 13.6. The monoisotopic (exact) mass is 423 g/mol. The molecule has 2 aromatic carbocycles. The van der Waals surface area contributed by atoms with E-state index in [0.717, 1.165) is 4.31 Å². The number of amides is 2. The average Bonchev–Trinajstić information content (AvgIpc) is 2.66. The number of anilines is 1. The normalized spacial score (nSPS) is 11.2. The number of ether oxygens (including phenoxy) is 1. The van der Waals surface area contributed by atoms with E-state index < -0.39 is 28.3 Å². The third-order valence-corrected chi connectivity index (χ3v) is 5.77. The molecule has 10 heteroatoms. The van der Waals surface area contributed by atoms with Gasteiger partial charge in [0.15, 0.2) is 11.6 Å². The maximum absolute atomic E-state index is 13.7. The first kappa shape index (κ1) is 22.3. The van der Waals surface area contributed by atoms with Crippen molar-refractivity contribution in [2.24, 2.45) is 0 Å². The molecule has 0 saturated carbocycles. The van der Waals surface area contributed by atoms with E-state index in [4.69, 9.17) is 4.74 Å². The number of halogens is 1. The number of nitrogens with zero attached hydrogens (tertiary/aromatic N) is 1. The summed E-state index contributed by atoms with van der Waals surface area (Å²) >= 11 is 0. The minimum atomic E-state index is -3.89. The van der Waals surface area contributed by atoms with Crippen molar-refractivity contribution in [3.8, 4) is 5.75 Å². The highest BCUT2D eigenvalue weighted by Crippen LogP contribution is 2.18. The maximum atomic E-state index is 13.7. The van der Waals surface area contributed by atoms with Crippen LogP contribution in [0.5, 0.6) is 5.75 Å². The Morgan fingerprint density at radius 1 is 1.14 bits per heavy atom. The third-order valence-electron chi connectivity index (χ3n) is 3.96. The maximum Gasteiger partial charge on any atom is 0.243 e. The Bertz CT molecular complexity index is 993. The van der Waals surface area contributed by atoms with Crippen molar-refractivity contribution in [1.82, 2.24) is 9.62 Å². The van der Waals surface area contributed by atoms with Gasteiger partial charge in [0, 0.05) is 26.2 Å². The van der Waals surface area contributed by atoms with Crippen LogP contribution in [-0.4, -0.2) is 45.2 Å². The summed E-state index contributed by atoms with van der Waals surface area (Å²) in [6.45, 7) is 0.977. The lowest BCUT2D eigenvalue weighted by Gasteiger charge is -2.17. The summed E-state index contributed by atoms with van der Waals surface area (Å²) in [7, 11) is -1.26. The summed E-state index contributed by atoms with van der Waals surface area (Å²) in [5.74, 6) is -1.27. The highest BCUT2D eigenvalue weighted by molar-refractivity contribution is 7.89. The molecule has 0 atom stereocenters. The summed E-state index contributed by atoms with van der Waals surface area (Å²) in [5.41, 5.74) is 0.972. The van der Waals surface area contributed by atoms with Crippen molar-refractivity contribution in [1.29, 1.82) is 0 Å². The summed E-state index contributed by atoms with van der Waals surface area (Å²) in [4.78, 5) is 23.1. The van der Waals surface area contributed by atoms with E-state index in [0.29, 0.717) is 11.3 Å². The molecule has 2 N–H and O–H groups in total. The van der Waals surface area contributed by atoms with Gasteiger partial charge in [-0.2, -0.15) is 4.31 Å². The van der Waals surface area contributed by atoms with E-state index in [1.165, 1.54) is 57.5 Å². The lowest BCUT2D eigenvalue weighted by Crippen LogP contribution is -2.38. The van der Waals surface area contributed by atoms with Gasteiger partial charge in [0.25, 0.3) is 0 Å². The topological polar surface area (TPSA) is 105 Å². The van der Waals surface area contributed by atoms with Crippen molar-refractivity contribution in [3.05, 3.63) is 53.8 Å². The van der Waals surface area contributed by atoms with Gasteiger partial charge in [-0.3, -0.25) is 9.59 Å². The molecule has 0 spiro atoms. The van der Waals surface area contributed by atoms with Gasteiger partial charge in [0.1, 0.15) is 0 Å². The van der Waals surface area contributed by atoms with Crippen LogP contribution in [0.3, 0.4) is 0 Å². The highest BCUT2D eigenvalue weighted by Gasteiger charge is 2.23. The van der Waals surface area contributed by atoms with E-state index in [1.54, 1.807) is 6.07 Å². The standard InChI is InChI=1S/C19H22FN3O5S/c1-13(24)22-15-5-7-16(8-6-15)29(26,27)23(2)12-19(25)21-11-14-4-9-18(28-3)17(20)10-14/h4-10H,11-12H2,1-3H3,(H,21,25)(H,22,24). The Hall–Kier alpha value is -2.98. The molecule has 2 amide bonds. The molecule has 0 aliphatic carbocycles. The molecule has 0 radical (unpaired) electrons. The zero-order valence-corrected chi connectivity index (χ0v) is 17.0. The predicted octanol–water partition coefficient (Wildman–Crippen LogP) is 1.73. The number of rotatable bonds is 8. The van der Waals surface area contributed by atoms with Gasteiger partial charge in [0.05, 0.1) is 18.6 Å². The summed E-state index contributed by atoms with van der Waals surface area (Å²) in [6, 6.07) is 9.87. The van der Waals surface area contributed by atoms with Crippen LogP contribution in [0.25, 0.3) is 0 Å². The third kappa shape index (κ3) is 6.00. The molecule has 8 nitrogen and oxygen atoms in total. The molecular weight excluding hydrogens is 401 g/mol. The lowest BCUT2D eigenvalue weighted by molar-refractivity contribution is -0.121. The average molecular weight is 423 g/mol. The molecule has 0 bridgehead atoms. The number of nitrogens with one attached hydrogen (secondary N) is 2. The molecule has 0 saturated heterocycles. The molecular formula is C19H22FN3O5S. The summed E-state index contributed by atoms with van der Waals surface area (Å²) < 4.78 is 44.6. The molecule has 0 aliphatic heterocycles. The molecule has 2 rings (SSSR count). The van der Waals surface area contributed by atoms with E-state index in [2.05, 4.69) is 10.6 Å². The predicted molar refractivity (Wildman–Crippen MR) is 105 cm³/mol. The van der Waals surface area contributed by atoms with E-state index in [9.17, 15) is 22.4 Å². The smallest absolute Gasteiger partial charge is 0.243 e. The van der Waals surface area contributed by atoms with Gasteiger partial charge in [-0.05, 0) is 42.0 Å². The zero-order valence-electron chi connectivity index (χ0n) is 16.2. The molecule has 29 heavy (non-hydrogen) atoms. The first-order valence-electron chi connectivity index (χ1n) is 8.56. The molecule has 156 valence electrons. The fourth-order valence-corrected chi connectivity index (χ4v) is 3.58. The fraction of sp³-hybridized carbons (Fsp3) is 0.263. The van der Waals surface area contributed by atoms with Crippen molar-refractivity contribution >= 4 is 27.5 Å². The van der Waals surface area contributed by atoms with Gasteiger partial charge < -0.3 is 15.4 Å². The fourth-order valence-electron chi connectivity index (χ4n) is 2.46. The number of likely N-dealkylation sites (N-methyl/N-ethyl adjacent to an activating group) is 1. The van der Waals surface area contributed by atoms with Crippen LogP contribution in [0.15, 0.2) is 47.4 Å². The Kier molecular flexibility index (Phi) is 7.29. The van der Waals surface area contributed by atoms with Crippen LogP contribution in [0.4, 0.5) is 10.1 Å². The lowest BCUT2D eigenvalue weighted by atomic mass is 10.2. The van der Waals surface area contributed by atoms with Gasteiger partial charge in [0.2, 0.25) is 21.8 Å². The zero-order chi connectivity index (χ0) is 21.6. The molecule has 0 unspecified atom stereocenters. The van der Waals surface area contributed by atoms with Crippen LogP contribution >= 0.6 is 0 Å². The van der Waals surface area contributed by atoms with Gasteiger partial charge in [-0.1, -0.05) is 6.07 Å². The molecule has 0 heterocycles. The number of hydrogen-bond donors (Lipinski definition) is 2. The number of carbonyl (C=O) groups excluding carboxylic acids is 2. The number of sulfonamides is 1. The second-order valence-corrected chi connectivity index (χ2v) is 8.26. The van der Waals surface area contributed by atoms with Gasteiger partial charge >= 0.3 is 0 Å². The Balaban J connectivity index is 1.97. The summed E-state index contributed by atoms with van der Waals surface area (Å²) in [5, 5.41) is 5.09. The Morgan fingerprint density at radius 2 is 1.79 bits per heavy atom. The molecule has 0 aliphatic rings. The largest absolute Gasteiger partial charge is 0.494 e. The number of hydrogen-bond acceptors (Lipinski definition) is 5. The van der Waals surface area contributed by atoms with Crippen LogP contribution in [-0.2, 0) is 26.2 Å². The number of carbonyl (C=O) groups is 2. The quantitative estimate of drug-likeness (QED) is 0.673. The van der Waals surface area contributed by atoms with Crippen LogP contribution in [0, 0.1) is 5.82 Å². The number of benzene rings is 2. The van der Waals surface area contributed by atoms with Crippen LogP contribution in [0.1, 0.15) is 12.5 Å². The Labute approximate surface area is 168 Å². The minimum absolute atomic E-state index is 0.0147. The van der Waals surface area contributed by atoms with Gasteiger partial charge in [-0.25, -0.2) is 12.8 Å². The van der Waals surface area contributed by atoms with Gasteiger partial charge in [-0.15, -0.1) is 0 Å². The van der Waals surface area contributed by atoms with E-state index >= 15 is 0 Å². The van der Waals surface area contributed by atoms with Crippen molar-refractivity contribution < 1.29 is 27.1 Å². The Morgan fingerprint density at radius 3 is 2.34 bits per heavy atom.